The van der Waals surface area contributed by atoms with Gasteiger partial charge in [0.05, 0.1) is 28.0 Å². The van der Waals surface area contributed by atoms with Crippen LogP contribution in [0.2, 0.25) is 5.02 Å². The van der Waals surface area contributed by atoms with Crippen molar-refractivity contribution in [2.45, 2.75) is 70.7 Å². The molecule has 1 saturated heterocycles. The summed E-state index contributed by atoms with van der Waals surface area (Å²) in [6.07, 6.45) is 10.4. The first-order valence-corrected chi connectivity index (χ1v) is 15.0. The Kier molecular flexibility index (Phi) is 8.76. The van der Waals surface area contributed by atoms with Gasteiger partial charge in [-0.3, -0.25) is 14.7 Å². The lowest BCUT2D eigenvalue weighted by Crippen LogP contribution is -2.54. The molecular formula is C32H42ClFN4O3. The van der Waals surface area contributed by atoms with E-state index in [0.29, 0.717) is 34.2 Å². The van der Waals surface area contributed by atoms with Crippen molar-refractivity contribution in [3.8, 4) is 5.69 Å². The van der Waals surface area contributed by atoms with Crippen LogP contribution in [0.4, 0.5) is 4.39 Å². The first-order valence-electron chi connectivity index (χ1n) is 14.7. The monoisotopic (exact) mass is 584 g/mol. The van der Waals surface area contributed by atoms with E-state index in [-0.39, 0.29) is 11.9 Å². The van der Waals surface area contributed by atoms with Gasteiger partial charge in [-0.25, -0.2) is 4.39 Å². The van der Waals surface area contributed by atoms with Crippen molar-refractivity contribution in [1.29, 1.82) is 0 Å². The lowest BCUT2D eigenvalue weighted by Gasteiger charge is -2.50. The summed E-state index contributed by atoms with van der Waals surface area (Å²) in [5.74, 6) is -0.0536. The molecule has 1 amide bonds. The van der Waals surface area contributed by atoms with Gasteiger partial charge in [0.1, 0.15) is 5.82 Å². The molecule has 1 aliphatic heterocycles. The molecule has 0 spiro atoms. The minimum Gasteiger partial charge on any atom is -0.353 e. The summed E-state index contributed by atoms with van der Waals surface area (Å²) in [6.45, 7) is 8.24. The van der Waals surface area contributed by atoms with E-state index >= 15 is 0 Å². The van der Waals surface area contributed by atoms with Gasteiger partial charge in [0.15, 0.2) is 5.79 Å². The number of carbonyl (C=O) groups excluding carboxylic acids is 1. The first-order chi connectivity index (χ1) is 19.6. The topological polar surface area (TPSA) is 59.8 Å². The molecule has 1 unspecified atom stereocenters. The lowest BCUT2D eigenvalue weighted by atomic mass is 9.73. The number of nitrogens with zero attached hydrogens (tertiary/aromatic N) is 4. The minimum atomic E-state index is -0.446. The number of fused-ring (bicyclic) bond motifs is 1. The van der Waals surface area contributed by atoms with Gasteiger partial charge in [0.25, 0.3) is 5.91 Å². The maximum atomic E-state index is 14.4. The summed E-state index contributed by atoms with van der Waals surface area (Å²) in [4.78, 5) is 22.0. The average molecular weight is 585 g/mol. The van der Waals surface area contributed by atoms with E-state index < -0.39 is 11.6 Å². The van der Waals surface area contributed by atoms with Gasteiger partial charge in [-0.1, -0.05) is 18.5 Å². The number of halogens is 2. The normalized spacial score (nSPS) is 20.1. The third-order valence-corrected chi connectivity index (χ3v) is 9.72. The molecule has 5 rings (SSSR count). The largest absolute Gasteiger partial charge is 0.353 e. The van der Waals surface area contributed by atoms with Crippen molar-refractivity contribution in [2.75, 3.05) is 34.4 Å². The molecule has 2 atom stereocenters. The molecular weight excluding hydrogens is 543 g/mol. The predicted octanol–water partition coefficient (Wildman–Crippen LogP) is 6.34. The van der Waals surface area contributed by atoms with Crippen LogP contribution in [-0.4, -0.2) is 77.5 Å². The average Bonchev–Trinajstić information content (AvgIpc) is 3.55. The maximum Gasteiger partial charge on any atom is 0.256 e. The molecule has 1 aliphatic carbocycles. The number of benzene rings is 1. The number of pyridine rings is 1. The Morgan fingerprint density at radius 3 is 2.63 bits per heavy atom. The molecule has 0 bridgehead atoms. The van der Waals surface area contributed by atoms with Gasteiger partial charge in [0.2, 0.25) is 0 Å². The van der Waals surface area contributed by atoms with Crippen LogP contribution < -0.4 is 0 Å². The molecule has 7 nitrogen and oxygen atoms in total. The molecule has 222 valence electrons. The molecule has 2 aromatic heterocycles. The zero-order valence-electron chi connectivity index (χ0n) is 25.0. The van der Waals surface area contributed by atoms with E-state index in [2.05, 4.69) is 23.0 Å². The number of methoxy groups -OCH3 is 2. The highest BCUT2D eigenvalue weighted by molar-refractivity contribution is 6.35. The van der Waals surface area contributed by atoms with E-state index in [1.165, 1.54) is 12.1 Å². The SMILES string of the molecule is CCC(C1CC(OC)(OC)C1)N1CC[C@@H](Cc2cn(-c3ccc(F)cc3C(=O)N(C)C(C)C)c3cncc(Cl)c23)C1. The van der Waals surface area contributed by atoms with Crippen LogP contribution in [0.25, 0.3) is 16.6 Å². The van der Waals surface area contributed by atoms with Crippen LogP contribution in [-0.2, 0) is 15.9 Å². The number of likely N-dealkylation sites (tertiary alicyclic amines) is 1. The van der Waals surface area contributed by atoms with E-state index in [1.54, 1.807) is 44.6 Å². The van der Waals surface area contributed by atoms with E-state index in [4.69, 9.17) is 21.1 Å². The number of ether oxygens (including phenoxy) is 2. The quantitative estimate of drug-likeness (QED) is 0.260. The van der Waals surface area contributed by atoms with Crippen molar-refractivity contribution < 1.29 is 18.7 Å². The van der Waals surface area contributed by atoms with Crippen LogP contribution in [0, 0.1) is 17.7 Å². The van der Waals surface area contributed by atoms with Gasteiger partial charge in [-0.2, -0.15) is 0 Å². The van der Waals surface area contributed by atoms with Crippen LogP contribution in [0.3, 0.4) is 0 Å². The lowest BCUT2D eigenvalue weighted by molar-refractivity contribution is -0.277. The van der Waals surface area contributed by atoms with Crippen molar-refractivity contribution in [2.24, 2.45) is 11.8 Å². The number of carbonyl (C=O) groups is 1. The molecule has 3 aromatic rings. The number of hydrogen-bond acceptors (Lipinski definition) is 5. The van der Waals surface area contributed by atoms with Gasteiger partial charge in [-0.15, -0.1) is 0 Å². The fraction of sp³-hybridized carbons (Fsp3) is 0.562. The van der Waals surface area contributed by atoms with Crippen molar-refractivity contribution in [1.82, 2.24) is 19.4 Å². The Morgan fingerprint density at radius 1 is 1.24 bits per heavy atom. The summed E-state index contributed by atoms with van der Waals surface area (Å²) in [7, 11) is 5.21. The Balaban J connectivity index is 1.42. The van der Waals surface area contributed by atoms with Gasteiger partial charge in [0, 0.05) is 70.5 Å². The standard InChI is InChI=1S/C32H42ClFN4O3/c1-7-27(23-14-32(15-23,40-5)41-6)37-11-10-21(18-37)12-22-19-38(29-17-35-16-26(33)30(22)29)28-9-8-24(34)13-25(28)31(39)36(4)20(2)3/h8-9,13,16-17,19-21,23,27H,7,10-12,14-15,18H2,1-6H3/t21-,27?/m0/s1. The fourth-order valence-corrected chi connectivity index (χ4v) is 7.12. The molecule has 1 saturated carbocycles. The van der Waals surface area contributed by atoms with Gasteiger partial charge in [-0.05, 0) is 75.3 Å². The molecule has 3 heterocycles. The highest BCUT2D eigenvalue weighted by Gasteiger charge is 2.49. The third kappa shape index (κ3) is 5.64. The molecule has 41 heavy (non-hydrogen) atoms. The second-order valence-corrected chi connectivity index (χ2v) is 12.4. The zero-order chi connectivity index (χ0) is 29.5. The van der Waals surface area contributed by atoms with Crippen LogP contribution in [0.1, 0.15) is 62.4 Å². The summed E-state index contributed by atoms with van der Waals surface area (Å²) >= 11 is 6.75. The Hall–Kier alpha value is -2.52. The summed E-state index contributed by atoms with van der Waals surface area (Å²) in [5, 5.41) is 1.52. The summed E-state index contributed by atoms with van der Waals surface area (Å²) < 4.78 is 27.7. The maximum absolute atomic E-state index is 14.4. The second-order valence-electron chi connectivity index (χ2n) is 12.0. The number of aromatic nitrogens is 2. The number of amides is 1. The molecule has 2 fully saturated rings. The fourth-order valence-electron chi connectivity index (χ4n) is 6.84. The van der Waals surface area contributed by atoms with Crippen molar-refractivity contribution >= 4 is 28.4 Å². The smallest absolute Gasteiger partial charge is 0.256 e. The molecule has 0 radical (unpaired) electrons. The Bertz CT molecular complexity index is 1400. The summed E-state index contributed by atoms with van der Waals surface area (Å²) in [6, 6.07) is 4.88. The van der Waals surface area contributed by atoms with E-state index in [1.807, 2.05) is 18.4 Å². The van der Waals surface area contributed by atoms with Crippen molar-refractivity contribution in [3.05, 3.63) is 58.8 Å². The van der Waals surface area contributed by atoms with Crippen molar-refractivity contribution in [3.63, 3.8) is 0 Å². The Morgan fingerprint density at radius 2 is 1.98 bits per heavy atom. The third-order valence-electron chi connectivity index (χ3n) is 9.44. The Labute approximate surface area is 247 Å². The van der Waals surface area contributed by atoms with Gasteiger partial charge < -0.3 is 18.9 Å². The highest BCUT2D eigenvalue weighted by Crippen LogP contribution is 2.46. The zero-order valence-corrected chi connectivity index (χ0v) is 25.7. The summed E-state index contributed by atoms with van der Waals surface area (Å²) in [5.41, 5.74) is 2.86. The van der Waals surface area contributed by atoms with E-state index in [9.17, 15) is 9.18 Å². The predicted molar refractivity (Wildman–Crippen MR) is 160 cm³/mol. The van der Waals surface area contributed by atoms with E-state index in [0.717, 1.165) is 61.7 Å². The van der Waals surface area contributed by atoms with Crippen LogP contribution >= 0.6 is 11.6 Å². The van der Waals surface area contributed by atoms with Gasteiger partial charge >= 0.3 is 0 Å². The molecule has 1 aromatic carbocycles. The molecule has 2 aliphatic rings. The highest BCUT2D eigenvalue weighted by atomic mass is 35.5. The van der Waals surface area contributed by atoms with Crippen LogP contribution in [0.15, 0.2) is 36.8 Å². The number of rotatable bonds is 10. The first kappa shape index (κ1) is 30.0. The molecule has 9 heteroatoms. The molecule has 0 N–H and O–H groups in total. The number of hydrogen-bond donors (Lipinski definition) is 0. The second kappa shape index (κ2) is 12.0. The van der Waals surface area contributed by atoms with Crippen LogP contribution in [0.5, 0.6) is 0 Å². The minimum absolute atomic E-state index is 0.0238.